The number of nitrogens with zero attached hydrogens (tertiary/aromatic N) is 1. The minimum atomic E-state index is -0.245. The molecule has 0 aliphatic heterocycles. The minimum Gasteiger partial charge on any atom is -0.249 e. The van der Waals surface area contributed by atoms with Crippen molar-refractivity contribution in [2.45, 2.75) is 47.5 Å². The van der Waals surface area contributed by atoms with Gasteiger partial charge in [-0.15, -0.1) is 0 Å². The van der Waals surface area contributed by atoms with Crippen LogP contribution in [-0.2, 0) is 0 Å². The number of rotatable bonds is 1. The van der Waals surface area contributed by atoms with Crippen LogP contribution in [0, 0.1) is 16.6 Å². The van der Waals surface area contributed by atoms with Gasteiger partial charge in [0.2, 0.25) is 0 Å². The summed E-state index contributed by atoms with van der Waals surface area (Å²) in [7, 11) is 0. The Morgan fingerprint density at radius 1 is 0.900 bits per heavy atom. The van der Waals surface area contributed by atoms with Crippen LogP contribution in [0.15, 0.2) is 30.3 Å². The average molecular weight is 273 g/mol. The largest absolute Gasteiger partial charge is 0.249 e. The number of hydrogen-bond acceptors (Lipinski definition) is 1. The summed E-state index contributed by atoms with van der Waals surface area (Å²) in [6, 6.07) is 9.12. The van der Waals surface area contributed by atoms with E-state index < -0.39 is 0 Å². The normalized spacial score (nSPS) is 13.2. The van der Waals surface area contributed by atoms with Gasteiger partial charge in [0.15, 0.2) is 0 Å². The molecule has 1 aromatic carbocycles. The fourth-order valence-electron chi connectivity index (χ4n) is 3.47. The van der Waals surface area contributed by atoms with E-state index in [9.17, 15) is 4.39 Å². The van der Waals surface area contributed by atoms with Crippen molar-refractivity contribution in [3.05, 3.63) is 41.8 Å². The van der Waals surface area contributed by atoms with Crippen LogP contribution in [0.4, 0.5) is 4.39 Å². The molecule has 0 bridgehead atoms. The van der Waals surface area contributed by atoms with Crippen molar-refractivity contribution in [1.82, 2.24) is 4.98 Å². The molecule has 0 N–H and O–H groups in total. The van der Waals surface area contributed by atoms with Crippen molar-refractivity contribution in [2.75, 3.05) is 0 Å². The van der Waals surface area contributed by atoms with E-state index in [0.717, 1.165) is 11.1 Å². The maximum absolute atomic E-state index is 14.0. The molecule has 108 valence electrons. The predicted molar refractivity (Wildman–Crippen MR) is 83.4 cm³/mol. The topological polar surface area (TPSA) is 12.9 Å². The van der Waals surface area contributed by atoms with Gasteiger partial charge in [0, 0.05) is 17.0 Å². The molecular formula is C18H24FN. The molecule has 0 aliphatic rings. The van der Waals surface area contributed by atoms with E-state index in [0.29, 0.717) is 5.52 Å². The van der Waals surface area contributed by atoms with Crippen molar-refractivity contribution in [1.29, 1.82) is 0 Å². The first kappa shape index (κ1) is 15.0. The van der Waals surface area contributed by atoms with E-state index in [1.807, 2.05) is 18.2 Å². The number of benzene rings is 1. The monoisotopic (exact) mass is 273 g/mol. The van der Waals surface area contributed by atoms with Gasteiger partial charge in [0.05, 0.1) is 0 Å². The van der Waals surface area contributed by atoms with Crippen LogP contribution in [0.5, 0.6) is 0 Å². The van der Waals surface area contributed by atoms with Gasteiger partial charge in [-0.3, -0.25) is 0 Å². The molecule has 0 saturated heterocycles. The highest BCUT2D eigenvalue weighted by atomic mass is 19.1. The van der Waals surface area contributed by atoms with Crippen LogP contribution in [0.2, 0.25) is 0 Å². The summed E-state index contributed by atoms with van der Waals surface area (Å²) < 4.78 is 14.0. The van der Waals surface area contributed by atoms with Crippen molar-refractivity contribution in [2.24, 2.45) is 10.8 Å². The molecule has 2 heteroatoms. The molecule has 0 saturated carbocycles. The lowest BCUT2D eigenvalue weighted by Crippen LogP contribution is -2.31. The quantitative estimate of drug-likeness (QED) is 0.663. The second-order valence-corrected chi connectivity index (χ2v) is 7.71. The lowest BCUT2D eigenvalue weighted by molar-refractivity contribution is 0.172. The lowest BCUT2D eigenvalue weighted by Gasteiger charge is -2.40. The standard InChI is InChI=1S/C18H24FN/c1-17(2,3)16(18(4,5)6)14-11-10-12-8-7-9-13(19)15(12)20-14/h7-11,16H,1-6H3. The Morgan fingerprint density at radius 2 is 1.50 bits per heavy atom. The molecule has 2 aromatic rings. The molecule has 1 nitrogen and oxygen atoms in total. The molecule has 1 heterocycles. The highest BCUT2D eigenvalue weighted by Crippen LogP contribution is 2.46. The minimum absolute atomic E-state index is 0.0736. The molecule has 0 fully saturated rings. The number of para-hydroxylation sites is 1. The third-order valence-corrected chi connectivity index (χ3v) is 3.72. The Balaban J connectivity index is 2.64. The van der Waals surface area contributed by atoms with Gasteiger partial charge >= 0.3 is 0 Å². The first-order valence-electron chi connectivity index (χ1n) is 7.16. The number of hydrogen-bond donors (Lipinski definition) is 0. The maximum atomic E-state index is 14.0. The van der Waals surface area contributed by atoms with Crippen LogP contribution >= 0.6 is 0 Å². The number of aromatic nitrogens is 1. The van der Waals surface area contributed by atoms with E-state index >= 15 is 0 Å². The third-order valence-electron chi connectivity index (χ3n) is 3.72. The smallest absolute Gasteiger partial charge is 0.149 e. The molecule has 0 atom stereocenters. The highest BCUT2D eigenvalue weighted by Gasteiger charge is 2.37. The predicted octanol–water partition coefficient (Wildman–Crippen LogP) is 5.55. The lowest BCUT2D eigenvalue weighted by atomic mass is 9.65. The molecule has 0 aliphatic carbocycles. The fourth-order valence-corrected chi connectivity index (χ4v) is 3.47. The van der Waals surface area contributed by atoms with E-state index in [1.165, 1.54) is 6.07 Å². The SMILES string of the molecule is CC(C)(C)C(c1ccc2cccc(F)c2n1)C(C)(C)C. The zero-order valence-electron chi connectivity index (χ0n) is 13.3. The van der Waals surface area contributed by atoms with Crippen molar-refractivity contribution < 1.29 is 4.39 Å². The zero-order chi connectivity index (χ0) is 15.1. The summed E-state index contributed by atoms with van der Waals surface area (Å²) in [5, 5.41) is 0.857. The van der Waals surface area contributed by atoms with Gasteiger partial charge in [0.1, 0.15) is 11.3 Å². The van der Waals surface area contributed by atoms with Crippen LogP contribution in [0.3, 0.4) is 0 Å². The van der Waals surface area contributed by atoms with E-state index in [2.05, 4.69) is 46.5 Å². The summed E-state index contributed by atoms with van der Waals surface area (Å²) in [5.41, 5.74) is 1.60. The van der Waals surface area contributed by atoms with E-state index in [1.54, 1.807) is 6.07 Å². The molecule has 2 rings (SSSR count). The molecule has 20 heavy (non-hydrogen) atoms. The number of halogens is 1. The van der Waals surface area contributed by atoms with Crippen molar-refractivity contribution >= 4 is 10.9 Å². The highest BCUT2D eigenvalue weighted by molar-refractivity contribution is 5.79. The summed E-state index contributed by atoms with van der Waals surface area (Å²) in [4.78, 5) is 4.63. The summed E-state index contributed by atoms with van der Waals surface area (Å²) in [5.74, 6) is 0.0184. The van der Waals surface area contributed by atoms with Gasteiger partial charge in [-0.2, -0.15) is 0 Å². The Morgan fingerprint density at radius 3 is 2.05 bits per heavy atom. The Bertz CT molecular complexity index is 603. The average Bonchev–Trinajstić information content (AvgIpc) is 2.26. The van der Waals surface area contributed by atoms with Crippen molar-refractivity contribution in [3.63, 3.8) is 0 Å². The van der Waals surface area contributed by atoms with E-state index in [4.69, 9.17) is 0 Å². The Kier molecular flexibility index (Phi) is 3.62. The van der Waals surface area contributed by atoms with Crippen LogP contribution in [0.1, 0.15) is 53.2 Å². The second-order valence-electron chi connectivity index (χ2n) is 7.71. The maximum Gasteiger partial charge on any atom is 0.149 e. The van der Waals surface area contributed by atoms with Crippen molar-refractivity contribution in [3.8, 4) is 0 Å². The fraction of sp³-hybridized carbons (Fsp3) is 0.500. The molecule has 0 unspecified atom stereocenters. The van der Waals surface area contributed by atoms with Gasteiger partial charge in [-0.05, 0) is 23.0 Å². The second kappa shape index (κ2) is 4.83. The summed E-state index contributed by atoms with van der Waals surface area (Å²) in [6.45, 7) is 13.3. The van der Waals surface area contributed by atoms with E-state index in [-0.39, 0.29) is 22.6 Å². The Labute approximate surface area is 121 Å². The molecule has 1 aromatic heterocycles. The van der Waals surface area contributed by atoms with Gasteiger partial charge < -0.3 is 0 Å². The first-order chi connectivity index (χ1) is 9.10. The van der Waals surface area contributed by atoms with Gasteiger partial charge in [-0.1, -0.05) is 59.7 Å². The molecule has 0 radical (unpaired) electrons. The van der Waals surface area contributed by atoms with Crippen LogP contribution in [0.25, 0.3) is 10.9 Å². The number of fused-ring (bicyclic) bond motifs is 1. The molecular weight excluding hydrogens is 249 g/mol. The van der Waals surface area contributed by atoms with Gasteiger partial charge in [0.25, 0.3) is 0 Å². The Hall–Kier alpha value is -1.44. The third kappa shape index (κ3) is 2.84. The molecule has 0 amide bonds. The zero-order valence-corrected chi connectivity index (χ0v) is 13.3. The molecule has 0 spiro atoms. The number of pyridine rings is 1. The first-order valence-corrected chi connectivity index (χ1v) is 7.16. The van der Waals surface area contributed by atoms with Gasteiger partial charge in [-0.25, -0.2) is 9.37 Å². The summed E-state index contributed by atoms with van der Waals surface area (Å²) in [6.07, 6.45) is 0. The summed E-state index contributed by atoms with van der Waals surface area (Å²) >= 11 is 0. The van der Waals surface area contributed by atoms with Crippen LogP contribution < -0.4 is 0 Å². The van der Waals surface area contributed by atoms with Crippen LogP contribution in [-0.4, -0.2) is 4.98 Å².